The number of carboxylic acid groups (broad SMARTS) is 1. The van der Waals surface area contributed by atoms with Gasteiger partial charge in [-0.05, 0) is 24.3 Å². The second-order valence-electron chi connectivity index (χ2n) is 4.00. The van der Waals surface area contributed by atoms with E-state index in [1.54, 1.807) is 4.90 Å². The van der Waals surface area contributed by atoms with Crippen LogP contribution in [0.15, 0.2) is 18.3 Å². The van der Waals surface area contributed by atoms with Crippen molar-refractivity contribution in [3.05, 3.63) is 29.6 Å². The molecule has 0 unspecified atom stereocenters. The van der Waals surface area contributed by atoms with Gasteiger partial charge in [0.1, 0.15) is 5.69 Å². The van der Waals surface area contributed by atoms with E-state index in [1.165, 1.54) is 18.3 Å². The second-order valence-corrected chi connectivity index (χ2v) is 5.22. The molecule has 0 atom stereocenters. The number of aromatic nitrogens is 1. The third kappa shape index (κ3) is 3.01. The Kier molecular flexibility index (Phi) is 4.19. The van der Waals surface area contributed by atoms with E-state index in [0.29, 0.717) is 5.69 Å². The van der Waals surface area contributed by atoms with E-state index in [9.17, 15) is 9.59 Å². The van der Waals surface area contributed by atoms with Gasteiger partial charge in [-0.25, -0.2) is 4.79 Å². The first-order valence-electron chi connectivity index (χ1n) is 5.75. The summed E-state index contributed by atoms with van der Waals surface area (Å²) >= 11 is 1.85. The first kappa shape index (κ1) is 12.9. The van der Waals surface area contributed by atoms with Gasteiger partial charge in [-0.3, -0.25) is 9.78 Å². The monoisotopic (exact) mass is 266 g/mol. The molecule has 0 aliphatic carbocycles. The number of thioether (sulfide) groups is 1. The van der Waals surface area contributed by atoms with Gasteiger partial charge in [-0.15, -0.1) is 0 Å². The van der Waals surface area contributed by atoms with Crippen molar-refractivity contribution >= 4 is 23.6 Å². The van der Waals surface area contributed by atoms with Crippen LogP contribution in [0.3, 0.4) is 0 Å². The smallest absolute Gasteiger partial charge is 0.337 e. The van der Waals surface area contributed by atoms with Crippen LogP contribution in [0.5, 0.6) is 0 Å². The van der Waals surface area contributed by atoms with E-state index in [-0.39, 0.29) is 11.5 Å². The highest BCUT2D eigenvalue weighted by Crippen LogP contribution is 2.12. The number of hydrogen-bond acceptors (Lipinski definition) is 4. The van der Waals surface area contributed by atoms with Crippen LogP contribution in [0, 0.1) is 0 Å². The van der Waals surface area contributed by atoms with Crippen molar-refractivity contribution < 1.29 is 14.7 Å². The molecule has 0 spiro atoms. The first-order chi connectivity index (χ1) is 8.68. The highest BCUT2D eigenvalue weighted by molar-refractivity contribution is 7.99. The zero-order chi connectivity index (χ0) is 13.0. The van der Waals surface area contributed by atoms with Gasteiger partial charge in [0, 0.05) is 25.0 Å². The Morgan fingerprint density at radius 2 is 2.11 bits per heavy atom. The maximum Gasteiger partial charge on any atom is 0.337 e. The number of hydrogen-bond donors (Lipinski definition) is 1. The van der Waals surface area contributed by atoms with Gasteiger partial charge in [-0.1, -0.05) is 0 Å². The summed E-state index contributed by atoms with van der Waals surface area (Å²) in [6.45, 7) is 1.47. The molecular formula is C12H14N2O3S. The minimum Gasteiger partial charge on any atom is -0.478 e. The van der Waals surface area contributed by atoms with Gasteiger partial charge >= 0.3 is 5.97 Å². The quantitative estimate of drug-likeness (QED) is 0.875. The predicted molar refractivity (Wildman–Crippen MR) is 69.0 cm³/mol. The summed E-state index contributed by atoms with van der Waals surface area (Å²) in [5, 5.41) is 8.76. The topological polar surface area (TPSA) is 70.5 Å². The van der Waals surface area contributed by atoms with E-state index < -0.39 is 5.97 Å². The Morgan fingerprint density at radius 1 is 1.28 bits per heavy atom. The second kappa shape index (κ2) is 5.86. The predicted octanol–water partition coefficient (Wildman–Crippen LogP) is 1.36. The third-order valence-electron chi connectivity index (χ3n) is 2.74. The molecule has 2 rings (SSSR count). The lowest BCUT2D eigenvalue weighted by Crippen LogP contribution is -2.33. The molecule has 0 bridgehead atoms. The maximum atomic E-state index is 12.1. The van der Waals surface area contributed by atoms with E-state index in [1.807, 2.05) is 11.8 Å². The van der Waals surface area contributed by atoms with E-state index in [2.05, 4.69) is 4.98 Å². The lowest BCUT2D eigenvalue weighted by molar-refractivity contribution is 0.0693. The number of pyridine rings is 1. The molecule has 2 heterocycles. The average Bonchev–Trinajstić information content (AvgIpc) is 2.67. The number of carbonyl (C=O) groups is 2. The molecule has 6 heteroatoms. The standard InChI is InChI=1S/C12H14N2O3S/c15-11(14-4-1-6-18-7-5-14)10-3-2-9(8-13-10)12(16)17/h2-3,8H,1,4-7H2,(H,16,17). The van der Waals surface area contributed by atoms with Crippen LogP contribution >= 0.6 is 11.8 Å². The molecule has 1 aromatic heterocycles. The van der Waals surface area contributed by atoms with Crippen molar-refractivity contribution in [1.82, 2.24) is 9.88 Å². The number of nitrogens with zero attached hydrogens (tertiary/aromatic N) is 2. The molecule has 0 radical (unpaired) electrons. The Morgan fingerprint density at radius 3 is 2.78 bits per heavy atom. The maximum absolute atomic E-state index is 12.1. The lowest BCUT2D eigenvalue weighted by atomic mass is 10.2. The SMILES string of the molecule is O=C(O)c1ccc(C(=O)N2CCCSCC2)nc1. The zero-order valence-electron chi connectivity index (χ0n) is 9.83. The normalized spacial score (nSPS) is 16.1. The van der Waals surface area contributed by atoms with Gasteiger partial charge in [0.25, 0.3) is 5.91 Å². The summed E-state index contributed by atoms with van der Waals surface area (Å²) < 4.78 is 0. The molecule has 18 heavy (non-hydrogen) atoms. The van der Waals surface area contributed by atoms with E-state index in [4.69, 9.17) is 5.11 Å². The summed E-state index contributed by atoms with van der Waals surface area (Å²) in [7, 11) is 0. The van der Waals surface area contributed by atoms with Crippen molar-refractivity contribution in [3.8, 4) is 0 Å². The fraction of sp³-hybridized carbons (Fsp3) is 0.417. The van der Waals surface area contributed by atoms with Crippen molar-refractivity contribution in [2.45, 2.75) is 6.42 Å². The highest BCUT2D eigenvalue weighted by Gasteiger charge is 2.18. The van der Waals surface area contributed by atoms with Crippen molar-refractivity contribution in [1.29, 1.82) is 0 Å². The molecule has 1 N–H and O–H groups in total. The zero-order valence-corrected chi connectivity index (χ0v) is 10.7. The number of carboxylic acids is 1. The van der Waals surface area contributed by atoms with Crippen LogP contribution in [-0.4, -0.2) is 51.5 Å². The van der Waals surface area contributed by atoms with Gasteiger partial charge < -0.3 is 10.0 Å². The van der Waals surface area contributed by atoms with Crippen molar-refractivity contribution in [2.24, 2.45) is 0 Å². The highest BCUT2D eigenvalue weighted by atomic mass is 32.2. The van der Waals surface area contributed by atoms with Crippen LogP contribution < -0.4 is 0 Å². The molecule has 5 nitrogen and oxygen atoms in total. The van der Waals surface area contributed by atoms with Crippen LogP contribution in [-0.2, 0) is 0 Å². The summed E-state index contributed by atoms with van der Waals surface area (Å²) in [4.78, 5) is 28.5. The minimum atomic E-state index is -1.03. The average molecular weight is 266 g/mol. The fourth-order valence-electron chi connectivity index (χ4n) is 1.76. The molecule has 1 aliphatic rings. The Labute approximate surface area is 109 Å². The summed E-state index contributed by atoms with van der Waals surface area (Å²) in [6.07, 6.45) is 2.21. The van der Waals surface area contributed by atoms with Gasteiger partial charge in [0.05, 0.1) is 5.56 Å². The molecule has 0 saturated carbocycles. The van der Waals surface area contributed by atoms with Crippen LogP contribution in [0.4, 0.5) is 0 Å². The van der Waals surface area contributed by atoms with Crippen molar-refractivity contribution in [3.63, 3.8) is 0 Å². The largest absolute Gasteiger partial charge is 0.478 e. The molecule has 1 fully saturated rings. The number of aromatic carboxylic acids is 1. The molecule has 96 valence electrons. The summed E-state index contributed by atoms with van der Waals surface area (Å²) in [6, 6.07) is 2.89. The summed E-state index contributed by atoms with van der Waals surface area (Å²) in [5.41, 5.74) is 0.407. The first-order valence-corrected chi connectivity index (χ1v) is 6.90. The number of rotatable bonds is 2. The molecule has 1 aliphatic heterocycles. The minimum absolute atomic E-state index is 0.0953. The van der Waals surface area contributed by atoms with Crippen LogP contribution in [0.25, 0.3) is 0 Å². The molecular weight excluding hydrogens is 252 g/mol. The molecule has 0 aromatic carbocycles. The Hall–Kier alpha value is -1.56. The van der Waals surface area contributed by atoms with Crippen LogP contribution in [0.2, 0.25) is 0 Å². The van der Waals surface area contributed by atoms with E-state index in [0.717, 1.165) is 31.0 Å². The molecule has 1 aromatic rings. The molecule has 1 amide bonds. The lowest BCUT2D eigenvalue weighted by Gasteiger charge is -2.19. The Bertz CT molecular complexity index is 439. The fourth-order valence-corrected chi connectivity index (χ4v) is 2.64. The molecule has 1 saturated heterocycles. The number of carbonyl (C=O) groups excluding carboxylic acids is 1. The van der Waals surface area contributed by atoms with Crippen molar-refractivity contribution in [2.75, 3.05) is 24.6 Å². The third-order valence-corrected chi connectivity index (χ3v) is 3.79. The van der Waals surface area contributed by atoms with Crippen LogP contribution in [0.1, 0.15) is 27.3 Å². The Balaban J connectivity index is 2.10. The summed E-state index contributed by atoms with van der Waals surface area (Å²) in [5.74, 6) is 0.871. The van der Waals surface area contributed by atoms with E-state index >= 15 is 0 Å². The number of amides is 1. The van der Waals surface area contributed by atoms with Gasteiger partial charge in [0.15, 0.2) is 0 Å². The van der Waals surface area contributed by atoms with Gasteiger partial charge in [0.2, 0.25) is 0 Å². The van der Waals surface area contributed by atoms with Gasteiger partial charge in [-0.2, -0.15) is 11.8 Å².